The number of ether oxygens (including phenoxy) is 2. The van der Waals surface area contributed by atoms with Crippen LogP contribution in [0.4, 0.5) is 0 Å². The molecule has 1 aliphatic heterocycles. The number of rotatable bonds is 2. The van der Waals surface area contributed by atoms with Crippen LogP contribution < -0.4 is 9.47 Å². The molecular weight excluding hydrogens is 220 g/mol. The lowest BCUT2D eigenvalue weighted by Crippen LogP contribution is -2.37. The SMILES string of the molecule is COc1ccc2c(c1)C(C(=O)O)CC(C)(C)O2. The van der Waals surface area contributed by atoms with Crippen molar-refractivity contribution in [2.45, 2.75) is 31.8 Å². The fourth-order valence-corrected chi connectivity index (χ4v) is 2.18. The monoisotopic (exact) mass is 236 g/mol. The van der Waals surface area contributed by atoms with E-state index in [1.165, 1.54) is 0 Å². The van der Waals surface area contributed by atoms with Gasteiger partial charge in [0.2, 0.25) is 0 Å². The number of benzene rings is 1. The third-order valence-electron chi connectivity index (χ3n) is 2.97. The molecule has 4 heteroatoms. The van der Waals surface area contributed by atoms with Crippen molar-refractivity contribution in [3.8, 4) is 11.5 Å². The van der Waals surface area contributed by atoms with Gasteiger partial charge >= 0.3 is 5.97 Å². The average Bonchev–Trinajstić information content (AvgIpc) is 2.26. The van der Waals surface area contributed by atoms with E-state index >= 15 is 0 Å². The van der Waals surface area contributed by atoms with Crippen molar-refractivity contribution >= 4 is 5.97 Å². The number of carboxylic acids is 1. The molecule has 1 aromatic rings. The molecule has 0 aliphatic carbocycles. The number of hydrogen-bond acceptors (Lipinski definition) is 3. The second-order valence-electron chi connectivity index (χ2n) is 4.86. The van der Waals surface area contributed by atoms with Crippen LogP contribution in [0.2, 0.25) is 0 Å². The smallest absolute Gasteiger partial charge is 0.311 e. The highest BCUT2D eigenvalue weighted by atomic mass is 16.5. The van der Waals surface area contributed by atoms with Gasteiger partial charge in [-0.25, -0.2) is 0 Å². The van der Waals surface area contributed by atoms with Gasteiger partial charge in [0.15, 0.2) is 0 Å². The number of methoxy groups -OCH3 is 1. The van der Waals surface area contributed by atoms with E-state index in [0.717, 1.165) is 0 Å². The zero-order chi connectivity index (χ0) is 12.6. The van der Waals surface area contributed by atoms with Gasteiger partial charge in [-0.3, -0.25) is 4.79 Å². The zero-order valence-corrected chi connectivity index (χ0v) is 10.2. The number of fused-ring (bicyclic) bond motifs is 1. The van der Waals surface area contributed by atoms with Crippen LogP contribution in [-0.2, 0) is 4.79 Å². The molecule has 0 saturated heterocycles. The van der Waals surface area contributed by atoms with Crippen LogP contribution in [0.15, 0.2) is 18.2 Å². The molecule has 0 amide bonds. The maximum atomic E-state index is 11.3. The standard InChI is InChI=1S/C13H16O4/c1-13(2)7-10(12(14)15)9-6-8(16-3)4-5-11(9)17-13/h4-6,10H,7H2,1-3H3,(H,14,15). The zero-order valence-electron chi connectivity index (χ0n) is 10.2. The molecule has 0 saturated carbocycles. The Morgan fingerprint density at radius 1 is 1.53 bits per heavy atom. The molecule has 1 N–H and O–H groups in total. The van der Waals surface area contributed by atoms with Gasteiger partial charge in [-0.15, -0.1) is 0 Å². The molecule has 0 aromatic heterocycles. The molecule has 92 valence electrons. The lowest BCUT2D eigenvalue weighted by molar-refractivity contribution is -0.140. The second kappa shape index (κ2) is 3.95. The van der Waals surface area contributed by atoms with E-state index in [1.54, 1.807) is 25.3 Å². The lowest BCUT2D eigenvalue weighted by atomic mass is 9.84. The summed E-state index contributed by atoms with van der Waals surface area (Å²) < 4.78 is 10.9. The van der Waals surface area contributed by atoms with Crippen molar-refractivity contribution in [1.29, 1.82) is 0 Å². The molecule has 1 aromatic carbocycles. The molecule has 0 bridgehead atoms. The number of carboxylic acid groups (broad SMARTS) is 1. The van der Waals surface area contributed by atoms with E-state index in [2.05, 4.69) is 0 Å². The first-order chi connectivity index (χ1) is 7.93. The highest BCUT2D eigenvalue weighted by Gasteiger charge is 2.37. The van der Waals surface area contributed by atoms with Gasteiger partial charge in [0.25, 0.3) is 0 Å². The van der Waals surface area contributed by atoms with Crippen molar-refractivity contribution in [3.63, 3.8) is 0 Å². The van der Waals surface area contributed by atoms with Gasteiger partial charge in [-0.1, -0.05) is 0 Å². The molecule has 0 radical (unpaired) electrons. The van der Waals surface area contributed by atoms with E-state index < -0.39 is 17.5 Å². The largest absolute Gasteiger partial charge is 0.497 e. The van der Waals surface area contributed by atoms with Crippen LogP contribution in [0, 0.1) is 0 Å². The predicted octanol–water partition coefficient (Wildman–Crippen LogP) is 2.42. The second-order valence-corrected chi connectivity index (χ2v) is 4.86. The van der Waals surface area contributed by atoms with Crippen molar-refractivity contribution in [2.75, 3.05) is 7.11 Å². The van der Waals surface area contributed by atoms with Crippen LogP contribution in [0.25, 0.3) is 0 Å². The summed E-state index contributed by atoms with van der Waals surface area (Å²) in [7, 11) is 1.56. The van der Waals surface area contributed by atoms with E-state index in [9.17, 15) is 9.90 Å². The minimum Gasteiger partial charge on any atom is -0.497 e. The molecule has 0 fully saturated rings. The minimum atomic E-state index is -0.823. The van der Waals surface area contributed by atoms with Crippen molar-refractivity contribution in [3.05, 3.63) is 23.8 Å². The van der Waals surface area contributed by atoms with Gasteiger partial charge in [0.1, 0.15) is 17.1 Å². The Balaban J connectivity index is 2.49. The Kier molecular flexibility index (Phi) is 2.73. The maximum Gasteiger partial charge on any atom is 0.311 e. The Morgan fingerprint density at radius 3 is 2.82 bits per heavy atom. The van der Waals surface area contributed by atoms with E-state index in [1.807, 2.05) is 13.8 Å². The Labute approximate surface area is 100 Å². The first-order valence-electron chi connectivity index (χ1n) is 5.53. The van der Waals surface area contributed by atoms with Crippen LogP contribution in [0.5, 0.6) is 11.5 Å². The van der Waals surface area contributed by atoms with Crippen LogP contribution >= 0.6 is 0 Å². The summed E-state index contributed by atoms with van der Waals surface area (Å²) in [5.41, 5.74) is 0.237. The predicted molar refractivity (Wildman–Crippen MR) is 62.7 cm³/mol. The quantitative estimate of drug-likeness (QED) is 0.856. The summed E-state index contributed by atoms with van der Waals surface area (Å²) in [6.45, 7) is 3.80. The molecule has 1 unspecified atom stereocenters. The van der Waals surface area contributed by atoms with E-state index in [4.69, 9.17) is 9.47 Å². The van der Waals surface area contributed by atoms with Crippen molar-refractivity contribution in [1.82, 2.24) is 0 Å². The number of carbonyl (C=O) groups is 1. The van der Waals surface area contributed by atoms with Crippen LogP contribution in [-0.4, -0.2) is 23.8 Å². The molecule has 1 atom stereocenters. The summed E-state index contributed by atoms with van der Waals surface area (Å²) in [6.07, 6.45) is 0.461. The molecule has 4 nitrogen and oxygen atoms in total. The summed E-state index contributed by atoms with van der Waals surface area (Å²) in [5, 5.41) is 9.28. The molecule has 1 aliphatic rings. The number of hydrogen-bond donors (Lipinski definition) is 1. The lowest BCUT2D eigenvalue weighted by Gasteiger charge is -2.36. The third-order valence-corrected chi connectivity index (χ3v) is 2.97. The number of aliphatic carboxylic acids is 1. The summed E-state index contributed by atoms with van der Waals surface area (Å²) in [4.78, 5) is 11.3. The van der Waals surface area contributed by atoms with Gasteiger partial charge in [-0.05, 0) is 32.0 Å². The fourth-order valence-electron chi connectivity index (χ4n) is 2.18. The van der Waals surface area contributed by atoms with Crippen molar-refractivity contribution in [2.24, 2.45) is 0 Å². The Bertz CT molecular complexity index is 451. The summed E-state index contributed by atoms with van der Waals surface area (Å²) in [6, 6.07) is 5.29. The first kappa shape index (κ1) is 11.8. The Hall–Kier alpha value is -1.71. The summed E-state index contributed by atoms with van der Waals surface area (Å²) >= 11 is 0. The summed E-state index contributed by atoms with van der Waals surface area (Å²) in [5.74, 6) is -0.0764. The third kappa shape index (κ3) is 2.20. The molecular formula is C13H16O4. The molecule has 17 heavy (non-hydrogen) atoms. The van der Waals surface area contributed by atoms with Crippen molar-refractivity contribution < 1.29 is 19.4 Å². The molecule has 2 rings (SSSR count). The highest BCUT2D eigenvalue weighted by molar-refractivity contribution is 5.78. The van der Waals surface area contributed by atoms with Gasteiger partial charge in [0.05, 0.1) is 13.0 Å². The fraction of sp³-hybridized carbons (Fsp3) is 0.462. The van der Waals surface area contributed by atoms with Gasteiger partial charge in [-0.2, -0.15) is 0 Å². The average molecular weight is 236 g/mol. The molecule has 0 spiro atoms. The highest BCUT2D eigenvalue weighted by Crippen LogP contribution is 2.42. The van der Waals surface area contributed by atoms with Gasteiger partial charge in [0, 0.05) is 12.0 Å². The van der Waals surface area contributed by atoms with Crippen LogP contribution in [0.3, 0.4) is 0 Å². The van der Waals surface area contributed by atoms with Crippen LogP contribution in [0.1, 0.15) is 31.7 Å². The molecule has 1 heterocycles. The maximum absolute atomic E-state index is 11.3. The minimum absolute atomic E-state index is 0.454. The van der Waals surface area contributed by atoms with E-state index in [-0.39, 0.29) is 0 Å². The van der Waals surface area contributed by atoms with Gasteiger partial charge < -0.3 is 14.6 Å². The van der Waals surface area contributed by atoms with E-state index in [0.29, 0.717) is 23.5 Å². The normalized spacial score (nSPS) is 21.2. The topological polar surface area (TPSA) is 55.8 Å². The Morgan fingerprint density at radius 2 is 2.24 bits per heavy atom. The first-order valence-corrected chi connectivity index (χ1v) is 5.53.